The summed E-state index contributed by atoms with van der Waals surface area (Å²) < 4.78 is 7.59. The van der Waals surface area contributed by atoms with Crippen LogP contribution in [-0.4, -0.2) is 39.5 Å². The second-order valence-corrected chi connectivity index (χ2v) is 7.97. The van der Waals surface area contributed by atoms with Gasteiger partial charge in [0.15, 0.2) is 0 Å². The number of fused-ring (bicyclic) bond motifs is 1. The third-order valence-electron chi connectivity index (χ3n) is 5.37. The number of aromatic nitrogens is 3. The predicted octanol–water partition coefficient (Wildman–Crippen LogP) is 3.03. The van der Waals surface area contributed by atoms with Crippen molar-refractivity contribution in [3.05, 3.63) is 47.0 Å². The highest BCUT2D eigenvalue weighted by atomic mass is 35.5. The highest BCUT2D eigenvalue weighted by Gasteiger charge is 2.37. The standard InChI is InChI=1S/C19H24ClN5O2/c1-13-9-16(17-21-12-22-25(13)17)23-18(26)24-19(7-2-8-27-11-19)10-14-3-5-15(20)6-4-14/h3-6,12-13,16H,2,7-11H2,1H3,(H2,23,24,26). The first-order valence-electron chi connectivity index (χ1n) is 9.35. The summed E-state index contributed by atoms with van der Waals surface area (Å²) in [5, 5.41) is 11.2. The Morgan fingerprint density at radius 2 is 2.22 bits per heavy atom. The number of urea groups is 1. The summed E-state index contributed by atoms with van der Waals surface area (Å²) in [6, 6.07) is 7.66. The SMILES string of the molecule is CC1CC(NC(=O)NC2(Cc3ccc(Cl)cc3)CCCOC2)c2ncnn21. The van der Waals surface area contributed by atoms with Gasteiger partial charge in [0, 0.05) is 11.6 Å². The molecular formula is C19H24ClN5O2. The molecule has 8 heteroatoms. The Kier molecular flexibility index (Phi) is 5.06. The lowest BCUT2D eigenvalue weighted by molar-refractivity contribution is 0.0250. The normalized spacial score (nSPS) is 27.2. The maximum absolute atomic E-state index is 12.8. The van der Waals surface area contributed by atoms with Crippen molar-refractivity contribution in [2.75, 3.05) is 13.2 Å². The Morgan fingerprint density at radius 1 is 1.41 bits per heavy atom. The van der Waals surface area contributed by atoms with Crippen molar-refractivity contribution in [3.8, 4) is 0 Å². The van der Waals surface area contributed by atoms with Crippen molar-refractivity contribution in [3.63, 3.8) is 0 Å². The van der Waals surface area contributed by atoms with Gasteiger partial charge in [-0.3, -0.25) is 0 Å². The number of halogens is 1. The van der Waals surface area contributed by atoms with E-state index < -0.39 is 5.54 Å². The van der Waals surface area contributed by atoms with Gasteiger partial charge in [0.25, 0.3) is 0 Å². The van der Waals surface area contributed by atoms with Gasteiger partial charge in [0.05, 0.1) is 24.2 Å². The van der Waals surface area contributed by atoms with Crippen LogP contribution < -0.4 is 10.6 Å². The van der Waals surface area contributed by atoms with E-state index in [1.807, 2.05) is 28.9 Å². The topological polar surface area (TPSA) is 81.1 Å². The number of amides is 2. The maximum Gasteiger partial charge on any atom is 0.315 e. The smallest absolute Gasteiger partial charge is 0.315 e. The summed E-state index contributed by atoms with van der Waals surface area (Å²) in [6.45, 7) is 3.31. The summed E-state index contributed by atoms with van der Waals surface area (Å²) in [5.41, 5.74) is 0.702. The Morgan fingerprint density at radius 3 is 2.96 bits per heavy atom. The lowest BCUT2D eigenvalue weighted by atomic mass is 9.85. The van der Waals surface area contributed by atoms with Crippen LogP contribution in [0, 0.1) is 0 Å². The van der Waals surface area contributed by atoms with Crippen molar-refractivity contribution in [1.29, 1.82) is 0 Å². The monoisotopic (exact) mass is 389 g/mol. The fourth-order valence-corrected chi connectivity index (χ4v) is 4.21. The molecule has 1 aromatic carbocycles. The van der Waals surface area contributed by atoms with E-state index in [2.05, 4.69) is 27.6 Å². The predicted molar refractivity (Wildman–Crippen MR) is 102 cm³/mol. The van der Waals surface area contributed by atoms with Crippen LogP contribution in [0.5, 0.6) is 0 Å². The van der Waals surface area contributed by atoms with Gasteiger partial charge in [0.1, 0.15) is 12.2 Å². The molecule has 3 atom stereocenters. The van der Waals surface area contributed by atoms with Crippen LogP contribution >= 0.6 is 11.6 Å². The average molecular weight is 390 g/mol. The molecule has 0 bridgehead atoms. The highest BCUT2D eigenvalue weighted by Crippen LogP contribution is 2.31. The number of hydrogen-bond donors (Lipinski definition) is 2. The summed E-state index contributed by atoms with van der Waals surface area (Å²) >= 11 is 5.99. The van der Waals surface area contributed by atoms with Crippen molar-refractivity contribution in [1.82, 2.24) is 25.4 Å². The van der Waals surface area contributed by atoms with Gasteiger partial charge < -0.3 is 15.4 Å². The van der Waals surface area contributed by atoms with Crippen LogP contribution in [0.2, 0.25) is 5.02 Å². The van der Waals surface area contributed by atoms with E-state index in [0.29, 0.717) is 18.1 Å². The van der Waals surface area contributed by atoms with E-state index in [1.165, 1.54) is 6.33 Å². The zero-order valence-electron chi connectivity index (χ0n) is 15.3. The number of ether oxygens (including phenoxy) is 1. The summed E-state index contributed by atoms with van der Waals surface area (Å²) in [4.78, 5) is 17.1. The molecule has 2 amide bonds. The molecule has 2 aromatic rings. The molecule has 2 N–H and O–H groups in total. The van der Waals surface area contributed by atoms with Crippen LogP contribution in [-0.2, 0) is 11.2 Å². The zero-order chi connectivity index (χ0) is 18.9. The quantitative estimate of drug-likeness (QED) is 0.842. The summed E-state index contributed by atoms with van der Waals surface area (Å²) in [5.74, 6) is 0.810. The number of rotatable bonds is 4. The van der Waals surface area contributed by atoms with E-state index in [-0.39, 0.29) is 18.1 Å². The Labute approximate surface area is 163 Å². The van der Waals surface area contributed by atoms with Gasteiger partial charge in [0.2, 0.25) is 0 Å². The first kappa shape index (κ1) is 18.3. The molecule has 0 spiro atoms. The fourth-order valence-electron chi connectivity index (χ4n) is 4.08. The number of hydrogen-bond acceptors (Lipinski definition) is 4. The third kappa shape index (κ3) is 3.94. The van der Waals surface area contributed by atoms with Crippen LogP contribution in [0.15, 0.2) is 30.6 Å². The van der Waals surface area contributed by atoms with Crippen molar-refractivity contribution >= 4 is 17.6 Å². The summed E-state index contributed by atoms with van der Waals surface area (Å²) in [7, 11) is 0. The molecule has 4 rings (SSSR count). The van der Waals surface area contributed by atoms with E-state index >= 15 is 0 Å². The first-order chi connectivity index (χ1) is 13.0. The van der Waals surface area contributed by atoms with Gasteiger partial charge in [-0.05, 0) is 50.3 Å². The first-order valence-corrected chi connectivity index (χ1v) is 9.73. The minimum atomic E-state index is -0.423. The number of nitrogens with zero attached hydrogens (tertiary/aromatic N) is 3. The molecule has 0 radical (unpaired) electrons. The molecular weight excluding hydrogens is 366 g/mol. The van der Waals surface area contributed by atoms with Crippen molar-refractivity contribution < 1.29 is 9.53 Å². The van der Waals surface area contributed by atoms with Crippen LogP contribution in [0.25, 0.3) is 0 Å². The molecule has 0 saturated carbocycles. The zero-order valence-corrected chi connectivity index (χ0v) is 16.1. The maximum atomic E-state index is 12.8. The van der Waals surface area contributed by atoms with E-state index in [1.54, 1.807) is 0 Å². The van der Waals surface area contributed by atoms with Gasteiger partial charge in [-0.2, -0.15) is 5.10 Å². The largest absolute Gasteiger partial charge is 0.379 e. The Balaban J connectivity index is 1.45. The Hall–Kier alpha value is -2.12. The molecule has 1 saturated heterocycles. The van der Waals surface area contributed by atoms with Crippen LogP contribution in [0.1, 0.15) is 49.7 Å². The van der Waals surface area contributed by atoms with E-state index in [4.69, 9.17) is 16.3 Å². The third-order valence-corrected chi connectivity index (χ3v) is 5.62. The summed E-state index contributed by atoms with van der Waals surface area (Å²) in [6.07, 6.45) is 4.83. The molecule has 2 aliphatic rings. The molecule has 7 nitrogen and oxygen atoms in total. The molecule has 0 aliphatic carbocycles. The number of benzene rings is 1. The van der Waals surface area contributed by atoms with Crippen LogP contribution in [0.3, 0.4) is 0 Å². The van der Waals surface area contributed by atoms with Crippen molar-refractivity contribution in [2.24, 2.45) is 0 Å². The molecule has 1 aromatic heterocycles. The van der Waals surface area contributed by atoms with Gasteiger partial charge in [-0.25, -0.2) is 14.5 Å². The Bertz CT molecular complexity index is 801. The van der Waals surface area contributed by atoms with Crippen molar-refractivity contribution in [2.45, 2.75) is 50.2 Å². The minimum absolute atomic E-state index is 0.125. The molecule has 3 heterocycles. The molecule has 2 aliphatic heterocycles. The lowest BCUT2D eigenvalue weighted by Gasteiger charge is -2.38. The second-order valence-electron chi connectivity index (χ2n) is 7.54. The number of nitrogens with one attached hydrogen (secondary N) is 2. The highest BCUT2D eigenvalue weighted by molar-refractivity contribution is 6.30. The molecule has 3 unspecified atom stereocenters. The average Bonchev–Trinajstić information content (AvgIpc) is 3.23. The number of carbonyl (C=O) groups is 1. The second kappa shape index (κ2) is 7.48. The fraction of sp³-hybridized carbons (Fsp3) is 0.526. The van der Waals surface area contributed by atoms with Gasteiger partial charge >= 0.3 is 6.03 Å². The molecule has 144 valence electrons. The van der Waals surface area contributed by atoms with E-state index in [0.717, 1.165) is 37.3 Å². The lowest BCUT2D eigenvalue weighted by Crippen LogP contribution is -2.58. The molecule has 1 fully saturated rings. The van der Waals surface area contributed by atoms with Gasteiger partial charge in [-0.15, -0.1) is 0 Å². The number of carbonyl (C=O) groups excluding carboxylic acids is 1. The van der Waals surface area contributed by atoms with E-state index in [9.17, 15) is 4.79 Å². The minimum Gasteiger partial charge on any atom is -0.379 e. The molecule has 27 heavy (non-hydrogen) atoms. The van der Waals surface area contributed by atoms with Crippen LogP contribution in [0.4, 0.5) is 4.79 Å². The van der Waals surface area contributed by atoms with Gasteiger partial charge in [-0.1, -0.05) is 23.7 Å².